The van der Waals surface area contributed by atoms with Crippen LogP contribution in [0, 0.1) is 0 Å². The van der Waals surface area contributed by atoms with Crippen LogP contribution in [0.3, 0.4) is 0 Å². The predicted molar refractivity (Wildman–Crippen MR) is 96.8 cm³/mol. The van der Waals surface area contributed by atoms with Gasteiger partial charge in [0.1, 0.15) is 6.61 Å². The lowest BCUT2D eigenvalue weighted by molar-refractivity contribution is 0.283. The summed E-state index contributed by atoms with van der Waals surface area (Å²) in [6.45, 7) is 2.18. The van der Waals surface area contributed by atoms with Gasteiger partial charge in [0.05, 0.1) is 7.11 Å². The highest BCUT2D eigenvalue weighted by Gasteiger charge is 2.11. The normalized spacial score (nSPS) is 10.6. The number of rotatable bonds is 10. The van der Waals surface area contributed by atoms with Crippen LogP contribution >= 0.6 is 11.6 Å². The molecule has 0 aliphatic heterocycles. The largest absolute Gasteiger partial charge is 0.493 e. The first kappa shape index (κ1) is 18.6. The molecule has 2 aromatic rings. The van der Waals surface area contributed by atoms with Crippen LogP contribution in [0.4, 0.5) is 0 Å². The third-order valence-corrected chi connectivity index (χ3v) is 4.00. The van der Waals surface area contributed by atoms with E-state index >= 15 is 0 Å². The highest BCUT2D eigenvalue weighted by atomic mass is 35.5. The van der Waals surface area contributed by atoms with Crippen LogP contribution < -0.4 is 14.8 Å². The Morgan fingerprint density at radius 3 is 2.58 bits per heavy atom. The molecule has 0 aliphatic rings. The zero-order valence-electron chi connectivity index (χ0n) is 13.9. The fraction of sp³-hybridized carbons (Fsp3) is 0.368. The van der Waals surface area contributed by atoms with Crippen molar-refractivity contribution in [1.29, 1.82) is 0 Å². The number of benzene rings is 2. The van der Waals surface area contributed by atoms with Crippen molar-refractivity contribution in [2.75, 3.05) is 20.3 Å². The highest BCUT2D eigenvalue weighted by molar-refractivity contribution is 6.31. The quantitative estimate of drug-likeness (QED) is 0.641. The van der Waals surface area contributed by atoms with Gasteiger partial charge in [-0.2, -0.15) is 0 Å². The van der Waals surface area contributed by atoms with E-state index in [1.54, 1.807) is 13.2 Å². The van der Waals surface area contributed by atoms with Crippen molar-refractivity contribution >= 4 is 11.6 Å². The van der Waals surface area contributed by atoms with E-state index in [1.807, 2.05) is 36.4 Å². The van der Waals surface area contributed by atoms with Crippen LogP contribution in [0.2, 0.25) is 5.02 Å². The van der Waals surface area contributed by atoms with Gasteiger partial charge < -0.3 is 19.9 Å². The van der Waals surface area contributed by atoms with E-state index in [1.165, 1.54) is 0 Å². The van der Waals surface area contributed by atoms with Crippen LogP contribution in [-0.2, 0) is 13.2 Å². The molecule has 0 saturated heterocycles. The van der Waals surface area contributed by atoms with Crippen molar-refractivity contribution in [3.05, 3.63) is 58.6 Å². The number of unbranched alkanes of at least 4 members (excludes halogenated alkanes) is 1. The lowest BCUT2D eigenvalue weighted by Gasteiger charge is -2.14. The second kappa shape index (κ2) is 10.2. The molecule has 0 amide bonds. The lowest BCUT2D eigenvalue weighted by Crippen LogP contribution is -2.15. The molecule has 2 rings (SSSR count). The van der Waals surface area contributed by atoms with Crippen molar-refractivity contribution in [2.24, 2.45) is 0 Å². The van der Waals surface area contributed by atoms with Gasteiger partial charge in [-0.15, -0.1) is 0 Å². The van der Waals surface area contributed by atoms with E-state index in [0.717, 1.165) is 30.5 Å². The van der Waals surface area contributed by atoms with Gasteiger partial charge in [-0.1, -0.05) is 41.9 Å². The molecule has 130 valence electrons. The van der Waals surface area contributed by atoms with Crippen LogP contribution in [-0.4, -0.2) is 25.4 Å². The standard InChI is InChI=1S/C19H24ClNO3/c1-23-18-11-16(13-21-9-5-6-10-22)17(20)12-19(18)24-14-15-7-3-2-4-8-15/h2-4,7-8,11-12,21-22H,5-6,9-10,13-14H2,1H3. The van der Waals surface area contributed by atoms with Gasteiger partial charge in [0.25, 0.3) is 0 Å². The van der Waals surface area contributed by atoms with Crippen molar-refractivity contribution < 1.29 is 14.6 Å². The van der Waals surface area contributed by atoms with Gasteiger partial charge in [0.15, 0.2) is 11.5 Å². The predicted octanol–water partition coefficient (Wildman–Crippen LogP) is 3.79. The van der Waals surface area contributed by atoms with Gasteiger partial charge in [-0.05, 0) is 36.6 Å². The average Bonchev–Trinajstić information content (AvgIpc) is 2.62. The molecule has 0 atom stereocenters. The number of ether oxygens (including phenoxy) is 2. The smallest absolute Gasteiger partial charge is 0.163 e. The zero-order valence-corrected chi connectivity index (χ0v) is 14.7. The van der Waals surface area contributed by atoms with Gasteiger partial charge in [0, 0.05) is 24.2 Å². The van der Waals surface area contributed by atoms with Gasteiger partial charge in [0.2, 0.25) is 0 Å². The minimum Gasteiger partial charge on any atom is -0.493 e. The molecule has 0 saturated carbocycles. The minimum absolute atomic E-state index is 0.226. The Morgan fingerprint density at radius 2 is 1.88 bits per heavy atom. The molecule has 0 fully saturated rings. The maximum atomic E-state index is 8.78. The summed E-state index contributed by atoms with van der Waals surface area (Å²) < 4.78 is 11.3. The first-order valence-corrected chi connectivity index (χ1v) is 8.47. The maximum Gasteiger partial charge on any atom is 0.163 e. The number of nitrogens with one attached hydrogen (secondary N) is 1. The molecule has 2 N–H and O–H groups in total. The number of hydrogen-bond acceptors (Lipinski definition) is 4. The fourth-order valence-electron chi connectivity index (χ4n) is 2.31. The molecule has 0 bridgehead atoms. The van der Waals surface area contributed by atoms with E-state index in [9.17, 15) is 0 Å². The van der Waals surface area contributed by atoms with Crippen LogP contribution in [0.1, 0.15) is 24.0 Å². The van der Waals surface area contributed by atoms with E-state index < -0.39 is 0 Å². The molecule has 24 heavy (non-hydrogen) atoms. The Balaban J connectivity index is 1.98. The molecule has 0 aromatic heterocycles. The summed E-state index contributed by atoms with van der Waals surface area (Å²) in [7, 11) is 1.62. The Kier molecular flexibility index (Phi) is 7.89. The van der Waals surface area contributed by atoms with Gasteiger partial charge in [-0.25, -0.2) is 0 Å². The van der Waals surface area contributed by atoms with Crippen molar-refractivity contribution in [3.8, 4) is 11.5 Å². The Labute approximate surface area is 148 Å². The summed E-state index contributed by atoms with van der Waals surface area (Å²) in [6.07, 6.45) is 1.74. The second-order valence-corrected chi connectivity index (χ2v) is 5.88. The first-order chi connectivity index (χ1) is 11.7. The molecule has 0 unspecified atom stereocenters. The number of aliphatic hydroxyl groups excluding tert-OH is 1. The summed E-state index contributed by atoms with van der Waals surface area (Å²) in [5, 5.41) is 12.7. The number of aliphatic hydroxyl groups is 1. The topological polar surface area (TPSA) is 50.7 Å². The summed E-state index contributed by atoms with van der Waals surface area (Å²) >= 11 is 6.36. The van der Waals surface area contributed by atoms with Crippen LogP contribution in [0.15, 0.2) is 42.5 Å². The SMILES string of the molecule is COc1cc(CNCCCCO)c(Cl)cc1OCc1ccccc1. The van der Waals surface area contributed by atoms with Crippen molar-refractivity contribution in [3.63, 3.8) is 0 Å². The lowest BCUT2D eigenvalue weighted by atomic mass is 10.2. The Morgan fingerprint density at radius 1 is 1.08 bits per heavy atom. The monoisotopic (exact) mass is 349 g/mol. The van der Waals surface area contributed by atoms with Crippen LogP contribution in [0.25, 0.3) is 0 Å². The third-order valence-electron chi connectivity index (χ3n) is 3.65. The molecule has 0 aliphatic carbocycles. The fourth-order valence-corrected chi connectivity index (χ4v) is 2.53. The van der Waals surface area contributed by atoms with E-state index in [0.29, 0.717) is 29.7 Å². The number of hydrogen-bond donors (Lipinski definition) is 2. The molecule has 2 aromatic carbocycles. The zero-order chi connectivity index (χ0) is 17.2. The maximum absolute atomic E-state index is 8.78. The summed E-state index contributed by atoms with van der Waals surface area (Å²) in [5.41, 5.74) is 2.05. The van der Waals surface area contributed by atoms with Crippen molar-refractivity contribution in [2.45, 2.75) is 26.0 Å². The summed E-state index contributed by atoms with van der Waals surface area (Å²) in [4.78, 5) is 0. The summed E-state index contributed by atoms with van der Waals surface area (Å²) in [5.74, 6) is 1.30. The van der Waals surface area contributed by atoms with E-state index in [-0.39, 0.29) is 6.61 Å². The van der Waals surface area contributed by atoms with E-state index in [4.69, 9.17) is 26.2 Å². The molecule has 0 heterocycles. The second-order valence-electron chi connectivity index (χ2n) is 5.48. The number of methoxy groups -OCH3 is 1. The van der Waals surface area contributed by atoms with Crippen molar-refractivity contribution in [1.82, 2.24) is 5.32 Å². The molecule has 4 nitrogen and oxygen atoms in total. The average molecular weight is 350 g/mol. The molecular weight excluding hydrogens is 326 g/mol. The van der Waals surface area contributed by atoms with Crippen LogP contribution in [0.5, 0.6) is 11.5 Å². The molecule has 0 radical (unpaired) electrons. The highest BCUT2D eigenvalue weighted by Crippen LogP contribution is 2.33. The molecular formula is C19H24ClNO3. The van der Waals surface area contributed by atoms with E-state index in [2.05, 4.69) is 5.32 Å². The Bertz CT molecular complexity index is 620. The van der Waals surface area contributed by atoms with Gasteiger partial charge in [-0.3, -0.25) is 0 Å². The number of halogens is 1. The molecule has 0 spiro atoms. The first-order valence-electron chi connectivity index (χ1n) is 8.09. The Hall–Kier alpha value is -1.75. The molecule has 5 heteroatoms. The third kappa shape index (κ3) is 5.71. The minimum atomic E-state index is 0.226. The van der Waals surface area contributed by atoms with Gasteiger partial charge >= 0.3 is 0 Å². The summed E-state index contributed by atoms with van der Waals surface area (Å²) in [6, 6.07) is 13.7.